The summed E-state index contributed by atoms with van der Waals surface area (Å²) < 4.78 is 36.3. The number of amidine groups is 1. The van der Waals surface area contributed by atoms with Crippen LogP contribution in [0.2, 0.25) is 5.02 Å². The van der Waals surface area contributed by atoms with Crippen molar-refractivity contribution in [3.63, 3.8) is 0 Å². The van der Waals surface area contributed by atoms with Crippen molar-refractivity contribution < 1.29 is 68.6 Å². The van der Waals surface area contributed by atoms with Gasteiger partial charge in [0.2, 0.25) is 0 Å². The molecule has 0 unspecified atom stereocenters. The minimum atomic E-state index is -4.90. The Bertz CT molecular complexity index is 1040. The minimum Gasteiger partial charge on any atom is -0.714 e. The van der Waals surface area contributed by atoms with Crippen molar-refractivity contribution in [1.82, 2.24) is 0 Å². The van der Waals surface area contributed by atoms with Gasteiger partial charge < -0.3 is 9.45 Å². The molecule has 2 aromatic rings. The maximum absolute atomic E-state index is 10.7. The standard InChI is InChI=1S/C17H14ClN3O4S.K/c18-14-7-6-12-15(20-25-26(22,23)24)8-9-21-16(12)13(14)10-19-17(21)11-4-2-1-3-5-11;/h1-7H,8-10H2,(H,22,23,24);/q;+1/p-1/b20-15-;. The van der Waals surface area contributed by atoms with Crippen molar-refractivity contribution in [2.24, 2.45) is 10.1 Å². The maximum Gasteiger partial charge on any atom is 1.00 e. The third kappa shape index (κ3) is 4.30. The predicted molar refractivity (Wildman–Crippen MR) is 97.4 cm³/mol. The van der Waals surface area contributed by atoms with E-state index in [-0.39, 0.29) is 51.4 Å². The van der Waals surface area contributed by atoms with Crippen LogP contribution in [0.15, 0.2) is 52.6 Å². The summed E-state index contributed by atoms with van der Waals surface area (Å²) in [6, 6.07) is 13.2. The molecule has 134 valence electrons. The number of oxime groups is 1. The number of aliphatic imine (C=N–C) groups is 1. The summed E-state index contributed by atoms with van der Waals surface area (Å²) in [4.78, 5) is 6.72. The van der Waals surface area contributed by atoms with Crippen molar-refractivity contribution >= 4 is 39.2 Å². The van der Waals surface area contributed by atoms with E-state index in [0.717, 1.165) is 22.6 Å². The molecular formula is C17H13ClKN3O4S. The molecule has 4 rings (SSSR count). The van der Waals surface area contributed by atoms with Crippen LogP contribution in [0.4, 0.5) is 5.69 Å². The summed E-state index contributed by atoms with van der Waals surface area (Å²) in [6.07, 6.45) is 0.398. The Morgan fingerprint density at radius 1 is 1.19 bits per heavy atom. The molecule has 0 fully saturated rings. The number of hydrogen-bond donors (Lipinski definition) is 0. The van der Waals surface area contributed by atoms with Gasteiger partial charge in [-0.2, -0.15) is 8.42 Å². The van der Waals surface area contributed by atoms with E-state index in [9.17, 15) is 13.0 Å². The summed E-state index contributed by atoms with van der Waals surface area (Å²) in [6.45, 7) is 0.909. The van der Waals surface area contributed by atoms with Crippen LogP contribution in [-0.4, -0.2) is 31.1 Å². The number of halogens is 1. The summed E-state index contributed by atoms with van der Waals surface area (Å²) >= 11 is 6.34. The monoisotopic (exact) mass is 429 g/mol. The summed E-state index contributed by atoms with van der Waals surface area (Å²) in [5.74, 6) is 0.818. The van der Waals surface area contributed by atoms with Gasteiger partial charge in [-0.15, -0.1) is 0 Å². The van der Waals surface area contributed by atoms with Gasteiger partial charge in [0.05, 0.1) is 17.9 Å². The van der Waals surface area contributed by atoms with Crippen molar-refractivity contribution in [3.8, 4) is 0 Å². The first-order valence-corrected chi connectivity index (χ1v) is 9.55. The summed E-state index contributed by atoms with van der Waals surface area (Å²) in [7, 11) is -4.90. The third-order valence-corrected chi connectivity index (χ3v) is 4.90. The second-order valence-electron chi connectivity index (χ2n) is 5.85. The Morgan fingerprint density at radius 2 is 1.93 bits per heavy atom. The van der Waals surface area contributed by atoms with Gasteiger partial charge in [0.15, 0.2) is 0 Å². The van der Waals surface area contributed by atoms with Gasteiger partial charge in [-0.1, -0.05) is 47.1 Å². The van der Waals surface area contributed by atoms with E-state index in [2.05, 4.69) is 14.4 Å². The van der Waals surface area contributed by atoms with Gasteiger partial charge in [-0.05, 0) is 12.1 Å². The van der Waals surface area contributed by atoms with Crippen molar-refractivity contribution in [1.29, 1.82) is 0 Å². The van der Waals surface area contributed by atoms with E-state index in [1.54, 1.807) is 12.1 Å². The largest absolute Gasteiger partial charge is 1.00 e. The van der Waals surface area contributed by atoms with Crippen LogP contribution in [0.5, 0.6) is 0 Å². The Kier molecular flexibility index (Phi) is 6.43. The molecule has 2 aliphatic heterocycles. The molecule has 0 spiro atoms. The molecule has 10 heteroatoms. The Balaban J connectivity index is 0.00000210. The van der Waals surface area contributed by atoms with Crippen LogP contribution in [-0.2, 0) is 21.2 Å². The average Bonchev–Trinajstić information content (AvgIpc) is 2.63. The fraction of sp³-hybridized carbons (Fsp3) is 0.176. The molecular weight excluding hydrogens is 417 g/mol. The smallest absolute Gasteiger partial charge is 0.714 e. The molecule has 0 aromatic heterocycles. The first-order valence-electron chi connectivity index (χ1n) is 7.84. The molecule has 0 radical (unpaired) electrons. The van der Waals surface area contributed by atoms with Crippen LogP contribution >= 0.6 is 11.6 Å². The Labute approximate surface area is 204 Å². The first kappa shape index (κ1) is 20.9. The molecule has 0 atom stereocenters. The van der Waals surface area contributed by atoms with Crippen molar-refractivity contribution in [2.75, 3.05) is 11.4 Å². The molecule has 0 amide bonds. The first-order chi connectivity index (χ1) is 12.4. The number of nitrogens with zero attached hydrogens (tertiary/aromatic N) is 3. The van der Waals surface area contributed by atoms with E-state index in [4.69, 9.17) is 11.6 Å². The number of rotatable bonds is 3. The number of anilines is 1. The molecule has 2 heterocycles. The normalized spacial score (nSPS) is 17.0. The number of hydrogen-bond acceptors (Lipinski definition) is 7. The van der Waals surface area contributed by atoms with Crippen molar-refractivity contribution in [2.45, 2.75) is 13.0 Å². The molecule has 7 nitrogen and oxygen atoms in total. The Hall–Kier alpha value is -0.784. The van der Waals surface area contributed by atoms with Gasteiger partial charge in [-0.3, -0.25) is 9.28 Å². The second-order valence-corrected chi connectivity index (χ2v) is 7.22. The maximum atomic E-state index is 10.7. The minimum absolute atomic E-state index is 0. The number of benzene rings is 2. The Morgan fingerprint density at radius 3 is 2.63 bits per heavy atom. The molecule has 0 bridgehead atoms. The zero-order chi connectivity index (χ0) is 18.3. The van der Waals surface area contributed by atoms with E-state index in [0.29, 0.717) is 35.8 Å². The zero-order valence-electron chi connectivity index (χ0n) is 14.4. The van der Waals surface area contributed by atoms with Crippen molar-refractivity contribution in [3.05, 3.63) is 64.2 Å². The van der Waals surface area contributed by atoms with Crippen LogP contribution in [0, 0.1) is 0 Å². The molecule has 2 aromatic carbocycles. The van der Waals surface area contributed by atoms with Crippen LogP contribution in [0.1, 0.15) is 23.1 Å². The molecule has 0 saturated heterocycles. The molecule has 0 saturated carbocycles. The molecule has 2 aliphatic rings. The topological polar surface area (TPSA) is 94.4 Å². The quantitative estimate of drug-likeness (QED) is 0.289. The zero-order valence-corrected chi connectivity index (χ0v) is 19.1. The molecule has 0 aliphatic carbocycles. The van der Waals surface area contributed by atoms with E-state index in [1.807, 2.05) is 35.2 Å². The predicted octanol–water partition coefficient (Wildman–Crippen LogP) is -0.305. The average molecular weight is 430 g/mol. The molecule has 0 N–H and O–H groups in total. The van der Waals surface area contributed by atoms with Gasteiger partial charge >= 0.3 is 51.4 Å². The second kappa shape index (κ2) is 8.30. The summed E-state index contributed by atoms with van der Waals surface area (Å²) in [5.41, 5.74) is 3.71. The SMILES string of the molecule is O=S(=O)([O-])O/N=C1/CCN2C(c3ccccc3)=NCc3c(Cl)ccc1c32.[K+]. The van der Waals surface area contributed by atoms with Crippen LogP contribution < -0.4 is 56.3 Å². The van der Waals surface area contributed by atoms with Crippen LogP contribution in [0.25, 0.3) is 0 Å². The van der Waals surface area contributed by atoms with E-state index in [1.165, 1.54) is 0 Å². The van der Waals surface area contributed by atoms with Gasteiger partial charge in [0.1, 0.15) is 5.84 Å². The van der Waals surface area contributed by atoms with E-state index >= 15 is 0 Å². The van der Waals surface area contributed by atoms with Gasteiger partial charge in [0, 0.05) is 34.7 Å². The fourth-order valence-electron chi connectivity index (χ4n) is 3.24. The summed E-state index contributed by atoms with van der Waals surface area (Å²) in [5, 5.41) is 4.14. The van der Waals surface area contributed by atoms with Gasteiger partial charge in [0.25, 0.3) is 10.4 Å². The van der Waals surface area contributed by atoms with Gasteiger partial charge in [-0.25, -0.2) is 0 Å². The molecule has 27 heavy (non-hydrogen) atoms. The van der Waals surface area contributed by atoms with Crippen LogP contribution in [0.3, 0.4) is 0 Å². The third-order valence-electron chi connectivity index (χ3n) is 4.29. The van der Waals surface area contributed by atoms with E-state index < -0.39 is 10.4 Å². The fourth-order valence-corrected chi connectivity index (χ4v) is 3.63.